The lowest BCUT2D eigenvalue weighted by molar-refractivity contribution is 0.319. The van der Waals surface area contributed by atoms with Crippen molar-refractivity contribution in [3.8, 4) is 0 Å². The number of aliphatic hydroxyl groups excluding tert-OH is 1. The molecule has 1 rings (SSSR count). The van der Waals surface area contributed by atoms with E-state index in [9.17, 15) is 8.42 Å². The molecule has 3 nitrogen and oxygen atoms in total. The van der Waals surface area contributed by atoms with Crippen LogP contribution in [0.3, 0.4) is 0 Å². The second kappa shape index (κ2) is 4.57. The first-order chi connectivity index (χ1) is 6.53. The van der Waals surface area contributed by atoms with E-state index in [4.69, 9.17) is 5.11 Å². The fourth-order valence-electron chi connectivity index (χ4n) is 1.15. The smallest absolute Gasteiger partial charge is 0.156 e. The summed E-state index contributed by atoms with van der Waals surface area (Å²) in [5.41, 5.74) is 1.87. The molecule has 0 heterocycles. The van der Waals surface area contributed by atoms with Crippen LogP contribution in [0.15, 0.2) is 24.3 Å². The van der Waals surface area contributed by atoms with Crippen LogP contribution in [0.25, 0.3) is 0 Å². The molecule has 0 saturated heterocycles. The Bertz CT molecular complexity index is 378. The molecular weight excluding hydrogens is 200 g/mol. The first-order valence-corrected chi connectivity index (χ1v) is 6.22. The van der Waals surface area contributed by atoms with E-state index < -0.39 is 9.84 Å². The van der Waals surface area contributed by atoms with E-state index in [-0.39, 0.29) is 18.1 Å². The summed E-state index contributed by atoms with van der Waals surface area (Å²) >= 11 is 0. The molecule has 0 amide bonds. The van der Waals surface area contributed by atoms with E-state index in [1.807, 2.05) is 19.1 Å². The molecule has 0 unspecified atom stereocenters. The van der Waals surface area contributed by atoms with Crippen LogP contribution < -0.4 is 0 Å². The van der Waals surface area contributed by atoms with Gasteiger partial charge in [-0.15, -0.1) is 0 Å². The highest BCUT2D eigenvalue weighted by molar-refractivity contribution is 7.90. The summed E-state index contributed by atoms with van der Waals surface area (Å²) in [7, 11) is -3.15. The third kappa shape index (κ3) is 3.47. The van der Waals surface area contributed by atoms with Crippen LogP contribution in [0.2, 0.25) is 0 Å². The van der Waals surface area contributed by atoms with Gasteiger partial charge in [0, 0.05) is 0 Å². The summed E-state index contributed by atoms with van der Waals surface area (Å²) in [6.07, 6.45) is 0. The summed E-state index contributed by atoms with van der Waals surface area (Å²) in [6.45, 7) is 1.64. The summed E-state index contributed by atoms with van der Waals surface area (Å²) in [6, 6.07) is 7.35. The highest BCUT2D eigenvalue weighted by atomic mass is 32.2. The lowest BCUT2D eigenvalue weighted by atomic mass is 10.2. The van der Waals surface area contributed by atoms with Gasteiger partial charge in [0.25, 0.3) is 0 Å². The third-order valence-electron chi connectivity index (χ3n) is 1.91. The Morgan fingerprint density at radius 3 is 2.29 bits per heavy atom. The minimum absolute atomic E-state index is 0.00778. The normalized spacial score (nSPS) is 11.6. The standard InChI is InChI=1S/C10H14O3S/c1-9-2-4-10(5-3-9)8-14(12,13)7-6-11/h2-5,11H,6-8H2,1H3. The number of hydrogen-bond donors (Lipinski definition) is 1. The van der Waals surface area contributed by atoms with E-state index >= 15 is 0 Å². The summed E-state index contributed by atoms with van der Waals surface area (Å²) in [5.74, 6) is -0.158. The molecule has 0 aromatic heterocycles. The van der Waals surface area contributed by atoms with Crippen molar-refractivity contribution in [2.45, 2.75) is 12.7 Å². The molecule has 1 N–H and O–H groups in total. The molecule has 0 bridgehead atoms. The predicted molar refractivity (Wildman–Crippen MR) is 55.8 cm³/mol. The first-order valence-electron chi connectivity index (χ1n) is 4.40. The molecule has 1 aromatic carbocycles. The van der Waals surface area contributed by atoms with Crippen LogP contribution in [0.5, 0.6) is 0 Å². The lowest BCUT2D eigenvalue weighted by Crippen LogP contribution is -2.12. The van der Waals surface area contributed by atoms with Gasteiger partial charge in [-0.3, -0.25) is 0 Å². The van der Waals surface area contributed by atoms with E-state index in [2.05, 4.69) is 0 Å². The van der Waals surface area contributed by atoms with Gasteiger partial charge in [-0.2, -0.15) is 0 Å². The van der Waals surface area contributed by atoms with Crippen molar-refractivity contribution in [3.63, 3.8) is 0 Å². The van der Waals surface area contributed by atoms with Crippen molar-refractivity contribution in [3.05, 3.63) is 35.4 Å². The van der Waals surface area contributed by atoms with Crippen LogP contribution in [0.1, 0.15) is 11.1 Å². The third-order valence-corrected chi connectivity index (χ3v) is 3.49. The van der Waals surface area contributed by atoms with Crippen molar-refractivity contribution in [1.82, 2.24) is 0 Å². The maximum atomic E-state index is 11.3. The van der Waals surface area contributed by atoms with Crippen molar-refractivity contribution in [2.24, 2.45) is 0 Å². The van der Waals surface area contributed by atoms with Gasteiger partial charge < -0.3 is 5.11 Å². The monoisotopic (exact) mass is 214 g/mol. The second-order valence-corrected chi connectivity index (χ2v) is 5.49. The lowest BCUT2D eigenvalue weighted by Gasteiger charge is -2.02. The Hall–Kier alpha value is -0.870. The number of sulfone groups is 1. The summed E-state index contributed by atoms with van der Waals surface area (Å²) < 4.78 is 22.6. The Kier molecular flexibility index (Phi) is 3.66. The van der Waals surface area contributed by atoms with E-state index in [0.29, 0.717) is 0 Å². The van der Waals surface area contributed by atoms with Gasteiger partial charge in [0.15, 0.2) is 9.84 Å². The van der Waals surface area contributed by atoms with Crippen LogP contribution >= 0.6 is 0 Å². The van der Waals surface area contributed by atoms with E-state index in [0.717, 1.165) is 11.1 Å². The molecule has 1 aromatic rings. The second-order valence-electron chi connectivity index (χ2n) is 3.30. The zero-order valence-corrected chi connectivity index (χ0v) is 8.92. The minimum atomic E-state index is -3.15. The van der Waals surface area contributed by atoms with Gasteiger partial charge in [-0.25, -0.2) is 8.42 Å². The van der Waals surface area contributed by atoms with Crippen molar-refractivity contribution < 1.29 is 13.5 Å². The van der Waals surface area contributed by atoms with Crippen LogP contribution in [-0.2, 0) is 15.6 Å². The molecule has 78 valence electrons. The predicted octanol–water partition coefficient (Wildman–Crippen LogP) is 0.902. The van der Waals surface area contributed by atoms with Crippen molar-refractivity contribution in [1.29, 1.82) is 0 Å². The molecular formula is C10H14O3S. The van der Waals surface area contributed by atoms with Gasteiger partial charge in [-0.05, 0) is 12.5 Å². The molecule has 14 heavy (non-hydrogen) atoms. The Labute approximate surface area is 84.3 Å². The molecule has 0 radical (unpaired) electrons. The van der Waals surface area contributed by atoms with Crippen LogP contribution in [0.4, 0.5) is 0 Å². The van der Waals surface area contributed by atoms with Crippen LogP contribution in [-0.4, -0.2) is 25.9 Å². The molecule has 4 heteroatoms. The minimum Gasteiger partial charge on any atom is -0.395 e. The van der Waals surface area contributed by atoms with E-state index in [1.165, 1.54) is 0 Å². The van der Waals surface area contributed by atoms with Gasteiger partial charge >= 0.3 is 0 Å². The number of aryl methyl sites for hydroxylation is 1. The SMILES string of the molecule is Cc1ccc(CS(=O)(=O)CCO)cc1. The average molecular weight is 214 g/mol. The zero-order valence-electron chi connectivity index (χ0n) is 8.10. The number of rotatable bonds is 4. The molecule has 0 spiro atoms. The summed E-state index contributed by atoms with van der Waals surface area (Å²) in [5, 5.41) is 8.54. The van der Waals surface area contributed by atoms with Crippen molar-refractivity contribution >= 4 is 9.84 Å². The molecule has 0 aliphatic carbocycles. The zero-order chi connectivity index (χ0) is 10.6. The average Bonchev–Trinajstić information content (AvgIpc) is 2.08. The number of benzene rings is 1. The maximum absolute atomic E-state index is 11.3. The number of hydrogen-bond acceptors (Lipinski definition) is 3. The maximum Gasteiger partial charge on any atom is 0.156 e. The largest absolute Gasteiger partial charge is 0.395 e. The highest BCUT2D eigenvalue weighted by Gasteiger charge is 2.10. The molecule has 0 aliphatic rings. The first kappa shape index (κ1) is 11.2. The van der Waals surface area contributed by atoms with Gasteiger partial charge in [0.05, 0.1) is 18.1 Å². The molecule has 0 saturated carbocycles. The Morgan fingerprint density at radius 1 is 1.21 bits per heavy atom. The van der Waals surface area contributed by atoms with Crippen LogP contribution in [0, 0.1) is 6.92 Å². The molecule has 0 fully saturated rings. The molecule has 0 atom stereocenters. The Balaban J connectivity index is 2.74. The highest BCUT2D eigenvalue weighted by Crippen LogP contribution is 2.07. The fourth-order valence-corrected chi connectivity index (χ4v) is 2.27. The van der Waals surface area contributed by atoms with E-state index in [1.54, 1.807) is 12.1 Å². The topological polar surface area (TPSA) is 54.4 Å². The number of aliphatic hydroxyl groups is 1. The molecule has 0 aliphatic heterocycles. The van der Waals surface area contributed by atoms with Gasteiger partial charge in [0.1, 0.15) is 0 Å². The van der Waals surface area contributed by atoms with Crippen molar-refractivity contribution in [2.75, 3.05) is 12.4 Å². The summed E-state index contributed by atoms with van der Waals surface area (Å²) in [4.78, 5) is 0. The van der Waals surface area contributed by atoms with Gasteiger partial charge in [-0.1, -0.05) is 29.8 Å². The quantitative estimate of drug-likeness (QED) is 0.810. The Morgan fingerprint density at radius 2 is 1.79 bits per heavy atom. The van der Waals surface area contributed by atoms with Gasteiger partial charge in [0.2, 0.25) is 0 Å². The fraction of sp³-hybridized carbons (Fsp3) is 0.400.